The molecule has 1 amide bonds. The van der Waals surface area contributed by atoms with Gasteiger partial charge in [-0.25, -0.2) is 9.97 Å². The van der Waals surface area contributed by atoms with Crippen molar-refractivity contribution in [1.82, 2.24) is 14.9 Å². The maximum Gasteiger partial charge on any atom is 0.287 e. The quantitative estimate of drug-likeness (QED) is 0.525. The third kappa shape index (κ3) is 4.63. The highest BCUT2D eigenvalue weighted by molar-refractivity contribution is 6.03. The first-order chi connectivity index (χ1) is 13.7. The molecule has 10 heteroatoms. The molecule has 0 unspecified atom stereocenters. The van der Waals surface area contributed by atoms with Crippen LogP contribution >= 0.6 is 0 Å². The van der Waals surface area contributed by atoms with Crippen molar-refractivity contribution in [2.24, 2.45) is 5.92 Å². The number of amides is 1. The first-order valence-electron chi connectivity index (χ1n) is 8.81. The highest BCUT2D eigenvalue weighted by atomic mass is 19.3. The number of nitriles is 1. The van der Waals surface area contributed by atoms with Crippen molar-refractivity contribution in [2.45, 2.75) is 19.8 Å². The van der Waals surface area contributed by atoms with Crippen molar-refractivity contribution < 1.29 is 13.6 Å². The summed E-state index contributed by atoms with van der Waals surface area (Å²) in [4.78, 5) is 21.1. The van der Waals surface area contributed by atoms with Gasteiger partial charge in [-0.2, -0.15) is 14.0 Å². The normalized spacial score (nSPS) is 14.0. The lowest BCUT2D eigenvalue weighted by Gasteiger charge is -2.37. The molecule has 1 aliphatic rings. The molecule has 2 aromatic rings. The highest BCUT2D eigenvalue weighted by Gasteiger charge is 2.30. The Kier molecular flexibility index (Phi) is 5.41. The Hall–Kier alpha value is -3.61. The summed E-state index contributed by atoms with van der Waals surface area (Å²) in [5.41, 5.74) is 0.374. The van der Waals surface area contributed by atoms with Gasteiger partial charge in [0.15, 0.2) is 0 Å². The number of carbonyl (C=O) groups is 1. The third-order valence-electron chi connectivity index (χ3n) is 4.31. The molecule has 0 atom stereocenters. The molecule has 0 saturated carbocycles. The standard InChI is InChI=1S/C19H19F2N7O/c1-11(29)25-17-6-14(26-16-5-3-4-15(27-16)19(2,20)21)13(8-24-17)18(23)28-9-12(7-22)10-28/h3-6,8,12,23H,9-10H2,1-2H3,(H2,24,25,26,27,29). The van der Waals surface area contributed by atoms with E-state index in [0.29, 0.717) is 24.3 Å². The molecule has 1 fully saturated rings. The molecular weight excluding hydrogens is 380 g/mol. The number of hydrogen-bond acceptors (Lipinski definition) is 6. The molecule has 0 radical (unpaired) electrons. The number of amidine groups is 1. The lowest BCUT2D eigenvalue weighted by atomic mass is 10.0. The Morgan fingerprint density at radius 1 is 1.38 bits per heavy atom. The molecule has 29 heavy (non-hydrogen) atoms. The second-order valence-corrected chi connectivity index (χ2v) is 6.80. The van der Waals surface area contributed by atoms with Crippen LogP contribution in [0.1, 0.15) is 25.1 Å². The minimum absolute atomic E-state index is 0.136. The van der Waals surface area contributed by atoms with E-state index >= 15 is 0 Å². The van der Waals surface area contributed by atoms with Crippen molar-refractivity contribution in [3.05, 3.63) is 41.7 Å². The fraction of sp³-hybridized carbons (Fsp3) is 0.316. The van der Waals surface area contributed by atoms with Crippen LogP contribution in [0.25, 0.3) is 0 Å². The van der Waals surface area contributed by atoms with Crippen molar-refractivity contribution in [3.8, 4) is 6.07 Å². The van der Waals surface area contributed by atoms with Crippen molar-refractivity contribution >= 4 is 29.1 Å². The number of carbonyl (C=O) groups excluding carboxylic acids is 1. The summed E-state index contributed by atoms with van der Waals surface area (Å²) in [6.45, 7) is 2.95. The van der Waals surface area contributed by atoms with E-state index in [1.807, 2.05) is 0 Å². The maximum atomic E-state index is 13.6. The predicted octanol–water partition coefficient (Wildman–Crippen LogP) is 3.07. The summed E-state index contributed by atoms with van der Waals surface area (Å²) in [6, 6.07) is 7.86. The number of alkyl halides is 2. The SMILES string of the molecule is CC(=O)Nc1cc(Nc2cccc(C(C)(F)F)n2)c(C(=N)N2CC(C#N)C2)cn1. The second kappa shape index (κ2) is 7.79. The van der Waals surface area contributed by atoms with Gasteiger partial charge in [0.1, 0.15) is 23.2 Å². The summed E-state index contributed by atoms with van der Waals surface area (Å²) < 4.78 is 27.2. The van der Waals surface area contributed by atoms with Gasteiger partial charge in [0.2, 0.25) is 5.91 Å². The smallest absolute Gasteiger partial charge is 0.287 e. The molecule has 150 valence electrons. The van der Waals surface area contributed by atoms with Gasteiger partial charge in [-0.15, -0.1) is 0 Å². The van der Waals surface area contributed by atoms with Crippen LogP contribution in [-0.4, -0.2) is 39.7 Å². The summed E-state index contributed by atoms with van der Waals surface area (Å²) in [6.07, 6.45) is 1.41. The van der Waals surface area contributed by atoms with E-state index in [1.54, 1.807) is 4.90 Å². The Bertz CT molecular complexity index is 991. The van der Waals surface area contributed by atoms with Crippen LogP contribution in [0.3, 0.4) is 0 Å². The first kappa shape index (κ1) is 20.1. The first-order valence-corrected chi connectivity index (χ1v) is 8.81. The summed E-state index contributed by atoms with van der Waals surface area (Å²) in [7, 11) is 0. The zero-order valence-electron chi connectivity index (χ0n) is 15.8. The van der Waals surface area contributed by atoms with Crippen LogP contribution in [0.5, 0.6) is 0 Å². The van der Waals surface area contributed by atoms with E-state index in [1.165, 1.54) is 37.4 Å². The van der Waals surface area contributed by atoms with Crippen LogP contribution in [0.2, 0.25) is 0 Å². The molecule has 3 N–H and O–H groups in total. The molecular formula is C19H19F2N7O. The van der Waals surface area contributed by atoms with Gasteiger partial charge in [0, 0.05) is 39.2 Å². The van der Waals surface area contributed by atoms with Gasteiger partial charge in [-0.05, 0) is 12.1 Å². The maximum absolute atomic E-state index is 13.6. The van der Waals surface area contributed by atoms with Gasteiger partial charge < -0.3 is 15.5 Å². The topological polar surface area (TPSA) is 118 Å². The molecule has 1 saturated heterocycles. The number of anilines is 3. The fourth-order valence-electron chi connectivity index (χ4n) is 2.80. The van der Waals surface area contributed by atoms with E-state index in [-0.39, 0.29) is 29.3 Å². The number of likely N-dealkylation sites (tertiary alicyclic amines) is 1. The van der Waals surface area contributed by atoms with Crippen LogP contribution in [-0.2, 0) is 10.7 Å². The molecule has 8 nitrogen and oxygen atoms in total. The van der Waals surface area contributed by atoms with Crippen LogP contribution < -0.4 is 10.6 Å². The summed E-state index contributed by atoms with van der Waals surface area (Å²) >= 11 is 0. The lowest BCUT2D eigenvalue weighted by molar-refractivity contribution is -0.114. The number of aromatic nitrogens is 2. The monoisotopic (exact) mass is 399 g/mol. The lowest BCUT2D eigenvalue weighted by Crippen LogP contribution is -2.49. The number of rotatable bonds is 5. The van der Waals surface area contributed by atoms with E-state index in [4.69, 9.17) is 10.7 Å². The van der Waals surface area contributed by atoms with E-state index < -0.39 is 11.6 Å². The van der Waals surface area contributed by atoms with Crippen molar-refractivity contribution in [1.29, 1.82) is 10.7 Å². The number of hydrogen-bond donors (Lipinski definition) is 3. The molecule has 3 rings (SSSR count). The zero-order chi connectivity index (χ0) is 21.2. The van der Waals surface area contributed by atoms with Gasteiger partial charge in [-0.1, -0.05) is 6.07 Å². The largest absolute Gasteiger partial charge is 0.354 e. The minimum atomic E-state index is -3.10. The van der Waals surface area contributed by atoms with Gasteiger partial charge in [0.25, 0.3) is 5.92 Å². The number of nitrogens with one attached hydrogen (secondary N) is 3. The summed E-state index contributed by atoms with van der Waals surface area (Å²) in [5, 5.41) is 22.8. The van der Waals surface area contributed by atoms with Gasteiger partial charge in [-0.3, -0.25) is 10.2 Å². The van der Waals surface area contributed by atoms with Crippen LogP contribution in [0.4, 0.5) is 26.1 Å². The molecule has 2 aromatic heterocycles. The molecule has 0 aliphatic carbocycles. The number of halogens is 2. The molecule has 1 aliphatic heterocycles. The van der Waals surface area contributed by atoms with Crippen LogP contribution in [0, 0.1) is 22.7 Å². The number of nitrogens with zero attached hydrogens (tertiary/aromatic N) is 4. The Labute approximate surface area is 166 Å². The van der Waals surface area contributed by atoms with Gasteiger partial charge in [0.05, 0.1) is 23.2 Å². The molecule has 0 spiro atoms. The van der Waals surface area contributed by atoms with E-state index in [0.717, 1.165) is 6.92 Å². The highest BCUT2D eigenvalue weighted by Crippen LogP contribution is 2.29. The van der Waals surface area contributed by atoms with Crippen LogP contribution in [0.15, 0.2) is 30.5 Å². The second-order valence-electron chi connectivity index (χ2n) is 6.80. The average molecular weight is 399 g/mol. The Morgan fingerprint density at radius 2 is 2.10 bits per heavy atom. The third-order valence-corrected chi connectivity index (χ3v) is 4.31. The average Bonchev–Trinajstić information content (AvgIpc) is 2.60. The minimum Gasteiger partial charge on any atom is -0.354 e. The molecule has 3 heterocycles. The fourth-order valence-corrected chi connectivity index (χ4v) is 2.80. The van der Waals surface area contributed by atoms with E-state index in [2.05, 4.69) is 26.7 Å². The summed E-state index contributed by atoms with van der Waals surface area (Å²) in [5.74, 6) is -3.02. The Balaban J connectivity index is 1.93. The predicted molar refractivity (Wildman–Crippen MR) is 103 cm³/mol. The van der Waals surface area contributed by atoms with Crippen molar-refractivity contribution in [2.75, 3.05) is 23.7 Å². The van der Waals surface area contributed by atoms with Gasteiger partial charge >= 0.3 is 0 Å². The van der Waals surface area contributed by atoms with E-state index in [9.17, 15) is 13.6 Å². The Morgan fingerprint density at radius 3 is 2.72 bits per heavy atom. The van der Waals surface area contributed by atoms with Crippen molar-refractivity contribution in [3.63, 3.8) is 0 Å². The molecule has 0 aromatic carbocycles. The number of pyridine rings is 2. The zero-order valence-corrected chi connectivity index (χ0v) is 15.8. The molecule has 0 bridgehead atoms.